The molecule has 0 radical (unpaired) electrons. The van der Waals surface area contributed by atoms with Crippen molar-refractivity contribution in [3.8, 4) is 17.2 Å². The van der Waals surface area contributed by atoms with Crippen LogP contribution in [0.5, 0.6) is 17.2 Å². The van der Waals surface area contributed by atoms with Crippen molar-refractivity contribution < 1.29 is 15.3 Å². The van der Waals surface area contributed by atoms with Crippen molar-refractivity contribution in [2.24, 2.45) is 0 Å². The van der Waals surface area contributed by atoms with Gasteiger partial charge in [0.15, 0.2) is 11.5 Å². The second-order valence-electron chi connectivity index (χ2n) is 9.49. The topological polar surface area (TPSA) is 67.2 Å². The monoisotopic (exact) mass is 526 g/mol. The zero-order valence-electron chi connectivity index (χ0n) is 21.1. The minimum atomic E-state index is -0.0165. The van der Waals surface area contributed by atoms with Gasteiger partial charge in [-0.1, -0.05) is 44.0 Å². The smallest absolute Gasteiger partial charge is 0.160 e. The van der Waals surface area contributed by atoms with Crippen molar-refractivity contribution in [2.75, 3.05) is 32.7 Å². The summed E-state index contributed by atoms with van der Waals surface area (Å²) in [6.07, 6.45) is 10.4. The highest BCUT2D eigenvalue weighted by atomic mass is 35.5. The molecule has 3 rings (SSSR count). The normalized spacial score (nSPS) is 15.7. The fourth-order valence-electron chi connectivity index (χ4n) is 5.02. The lowest BCUT2D eigenvalue weighted by Crippen LogP contribution is -2.32. The van der Waals surface area contributed by atoms with Gasteiger partial charge >= 0.3 is 0 Å². The molecule has 1 saturated heterocycles. The molecule has 1 aliphatic rings. The molecule has 0 unspecified atom stereocenters. The Labute approximate surface area is 224 Å². The third-order valence-corrected chi connectivity index (χ3v) is 6.92. The maximum absolute atomic E-state index is 10.1. The molecule has 7 heteroatoms. The van der Waals surface area contributed by atoms with Crippen LogP contribution in [0.2, 0.25) is 0 Å². The Hall–Kier alpha value is -1.66. The molecule has 1 atom stereocenters. The number of nitrogens with zero attached hydrogens (tertiary/aromatic N) is 2. The van der Waals surface area contributed by atoms with E-state index in [1.807, 2.05) is 24.3 Å². The predicted molar refractivity (Wildman–Crippen MR) is 150 cm³/mol. The van der Waals surface area contributed by atoms with Crippen LogP contribution in [0.4, 0.5) is 0 Å². The van der Waals surface area contributed by atoms with Gasteiger partial charge in [-0.2, -0.15) is 0 Å². The van der Waals surface area contributed by atoms with E-state index < -0.39 is 0 Å². The summed E-state index contributed by atoms with van der Waals surface area (Å²) in [5, 5.41) is 29.3. The summed E-state index contributed by atoms with van der Waals surface area (Å²) in [7, 11) is 0. The lowest BCUT2D eigenvalue weighted by atomic mass is 10.0. The third kappa shape index (κ3) is 10.5. The van der Waals surface area contributed by atoms with Crippen LogP contribution in [-0.4, -0.2) is 63.9 Å². The van der Waals surface area contributed by atoms with Crippen LogP contribution in [0, 0.1) is 0 Å². The van der Waals surface area contributed by atoms with Crippen molar-refractivity contribution in [3.63, 3.8) is 0 Å². The highest BCUT2D eigenvalue weighted by Crippen LogP contribution is 2.31. The molecule has 0 aliphatic carbocycles. The highest BCUT2D eigenvalue weighted by Gasteiger charge is 2.25. The SMILES string of the molecule is CCCN(CCCCCCN1CCC[C@@H]1Cc1cccc(O)c1O)CCc1ccc(O)cc1.Cl.Cl. The first-order valence-electron chi connectivity index (χ1n) is 12.8. The molecule has 35 heavy (non-hydrogen) atoms. The number of benzene rings is 2. The van der Waals surface area contributed by atoms with Crippen molar-refractivity contribution in [1.29, 1.82) is 0 Å². The van der Waals surface area contributed by atoms with E-state index in [1.54, 1.807) is 18.2 Å². The van der Waals surface area contributed by atoms with E-state index in [0.29, 0.717) is 11.8 Å². The minimum Gasteiger partial charge on any atom is -0.508 e. The molecule has 0 amide bonds. The number of likely N-dealkylation sites (tertiary alicyclic amines) is 1. The number of hydrogen-bond acceptors (Lipinski definition) is 5. The standard InChI is InChI=1S/C28H42N2O3.2ClH/c1-2-17-29(21-16-23-12-14-26(31)15-13-23)18-5-3-4-6-19-30-20-8-10-25(30)22-24-9-7-11-27(32)28(24)33;;/h7,9,11-15,25,31-33H,2-6,8,10,16-22H2,1H3;2*1H/t25-;;/m1../s1. The van der Waals surface area contributed by atoms with Crippen LogP contribution in [0.3, 0.4) is 0 Å². The molecule has 3 N–H and O–H groups in total. The van der Waals surface area contributed by atoms with Crippen molar-refractivity contribution >= 4 is 24.8 Å². The Balaban J connectivity index is 0.00000306. The van der Waals surface area contributed by atoms with E-state index in [4.69, 9.17) is 0 Å². The molecule has 5 nitrogen and oxygen atoms in total. The number of aromatic hydroxyl groups is 3. The Morgan fingerprint density at radius 2 is 1.63 bits per heavy atom. The Kier molecular flexibility index (Phi) is 15.2. The quantitative estimate of drug-likeness (QED) is 0.203. The molecule has 1 aliphatic heterocycles. The van der Waals surface area contributed by atoms with E-state index in [9.17, 15) is 15.3 Å². The number of unbranched alkanes of at least 4 members (excludes halogenated alkanes) is 3. The summed E-state index contributed by atoms with van der Waals surface area (Å²) in [5.74, 6) is 0.366. The van der Waals surface area contributed by atoms with E-state index in [-0.39, 0.29) is 36.3 Å². The van der Waals surface area contributed by atoms with Crippen LogP contribution in [0.15, 0.2) is 42.5 Å². The molecule has 0 spiro atoms. The molecule has 0 bridgehead atoms. The number of phenols is 3. The molecule has 0 aromatic heterocycles. The molecule has 0 saturated carbocycles. The second kappa shape index (κ2) is 16.9. The van der Waals surface area contributed by atoms with E-state index >= 15 is 0 Å². The van der Waals surface area contributed by atoms with Gasteiger partial charge in [0.05, 0.1) is 0 Å². The fraction of sp³-hybridized carbons (Fsp3) is 0.571. The number of halogens is 2. The Morgan fingerprint density at radius 3 is 2.37 bits per heavy atom. The number of para-hydroxylation sites is 1. The van der Waals surface area contributed by atoms with Gasteiger partial charge in [0.1, 0.15) is 5.75 Å². The van der Waals surface area contributed by atoms with Gasteiger partial charge in [0.25, 0.3) is 0 Å². The first-order chi connectivity index (χ1) is 16.1. The summed E-state index contributed by atoms with van der Waals surface area (Å²) in [6, 6.07) is 13.3. The van der Waals surface area contributed by atoms with Crippen molar-refractivity contribution in [3.05, 3.63) is 53.6 Å². The van der Waals surface area contributed by atoms with Crippen LogP contribution in [0.1, 0.15) is 63.0 Å². The summed E-state index contributed by atoms with van der Waals surface area (Å²) in [5.41, 5.74) is 2.14. The van der Waals surface area contributed by atoms with Gasteiger partial charge in [0, 0.05) is 12.6 Å². The largest absolute Gasteiger partial charge is 0.508 e. The summed E-state index contributed by atoms with van der Waals surface area (Å²) >= 11 is 0. The van der Waals surface area contributed by atoms with E-state index in [1.165, 1.54) is 50.5 Å². The molecule has 2 aromatic rings. The van der Waals surface area contributed by atoms with Gasteiger partial charge in [-0.15, -0.1) is 24.8 Å². The first-order valence-corrected chi connectivity index (χ1v) is 12.8. The molecule has 198 valence electrons. The average Bonchev–Trinajstić information content (AvgIpc) is 3.25. The van der Waals surface area contributed by atoms with Gasteiger partial charge in [-0.05, 0) is 100 Å². The Morgan fingerprint density at radius 1 is 0.886 bits per heavy atom. The average molecular weight is 528 g/mol. The number of rotatable bonds is 14. The van der Waals surface area contributed by atoms with Gasteiger partial charge in [0.2, 0.25) is 0 Å². The van der Waals surface area contributed by atoms with Crippen LogP contribution in [-0.2, 0) is 12.8 Å². The number of phenolic OH excluding ortho intramolecular Hbond substituents is 3. The van der Waals surface area contributed by atoms with E-state index in [0.717, 1.165) is 51.1 Å². The van der Waals surface area contributed by atoms with Crippen molar-refractivity contribution in [1.82, 2.24) is 9.80 Å². The van der Waals surface area contributed by atoms with Crippen LogP contribution < -0.4 is 0 Å². The van der Waals surface area contributed by atoms with Crippen LogP contribution >= 0.6 is 24.8 Å². The van der Waals surface area contributed by atoms with Gasteiger partial charge < -0.3 is 25.1 Å². The zero-order valence-corrected chi connectivity index (χ0v) is 22.7. The summed E-state index contributed by atoms with van der Waals surface area (Å²) in [6.45, 7) is 7.91. The highest BCUT2D eigenvalue weighted by molar-refractivity contribution is 5.85. The number of hydrogen-bond donors (Lipinski definition) is 3. The molecular formula is C28H44Cl2N2O3. The summed E-state index contributed by atoms with van der Waals surface area (Å²) in [4.78, 5) is 5.15. The maximum Gasteiger partial charge on any atom is 0.160 e. The van der Waals surface area contributed by atoms with Crippen LogP contribution in [0.25, 0.3) is 0 Å². The zero-order chi connectivity index (χ0) is 23.5. The Bertz CT molecular complexity index is 835. The second-order valence-corrected chi connectivity index (χ2v) is 9.49. The summed E-state index contributed by atoms with van der Waals surface area (Å²) < 4.78 is 0. The first kappa shape index (κ1) is 31.4. The minimum absolute atomic E-state index is 0. The third-order valence-electron chi connectivity index (χ3n) is 6.92. The lowest BCUT2D eigenvalue weighted by Gasteiger charge is -2.25. The molecule has 2 aromatic carbocycles. The predicted octanol–water partition coefficient (Wildman–Crippen LogP) is 6.17. The van der Waals surface area contributed by atoms with Gasteiger partial charge in [-0.3, -0.25) is 0 Å². The fourth-order valence-corrected chi connectivity index (χ4v) is 5.02. The van der Waals surface area contributed by atoms with Crippen molar-refractivity contribution in [2.45, 2.75) is 70.8 Å². The maximum atomic E-state index is 10.1. The molecular weight excluding hydrogens is 483 g/mol. The van der Waals surface area contributed by atoms with E-state index in [2.05, 4.69) is 16.7 Å². The molecule has 1 heterocycles. The van der Waals surface area contributed by atoms with Gasteiger partial charge in [-0.25, -0.2) is 0 Å². The lowest BCUT2D eigenvalue weighted by molar-refractivity contribution is 0.241. The molecule has 1 fully saturated rings.